The van der Waals surface area contributed by atoms with Gasteiger partial charge >= 0.3 is 12.1 Å². The second-order valence-electron chi connectivity index (χ2n) is 8.23. The van der Waals surface area contributed by atoms with Gasteiger partial charge in [-0.1, -0.05) is 12.1 Å². The van der Waals surface area contributed by atoms with Crippen molar-refractivity contribution in [3.05, 3.63) is 82.5 Å². The molecule has 0 spiro atoms. The molecule has 0 amide bonds. The van der Waals surface area contributed by atoms with Gasteiger partial charge in [-0.3, -0.25) is 4.79 Å². The summed E-state index contributed by atoms with van der Waals surface area (Å²) >= 11 is 0. The first-order valence-electron chi connectivity index (χ1n) is 10.1. The molecule has 2 aliphatic rings. The van der Waals surface area contributed by atoms with Crippen molar-refractivity contribution in [1.29, 1.82) is 0 Å². The topological polar surface area (TPSA) is 59.4 Å². The predicted octanol–water partition coefficient (Wildman–Crippen LogP) is 5.59. The van der Waals surface area contributed by atoms with E-state index in [-0.39, 0.29) is 41.4 Å². The Kier molecular flexibility index (Phi) is 4.88. The number of carboxylic acid groups (broad SMARTS) is 1. The molecule has 0 saturated heterocycles. The maximum atomic E-state index is 14.3. The van der Waals surface area contributed by atoms with Crippen LogP contribution in [-0.4, -0.2) is 16.1 Å². The number of halogens is 5. The largest absolute Gasteiger partial charge is 0.481 e. The number of alkyl halides is 3. The molecule has 0 aliphatic heterocycles. The fourth-order valence-electron chi connectivity index (χ4n) is 4.73. The lowest BCUT2D eigenvalue weighted by Gasteiger charge is -2.15. The summed E-state index contributed by atoms with van der Waals surface area (Å²) in [5, 5.41) is 9.19. The Morgan fingerprint density at radius 3 is 2.64 bits per heavy atom. The van der Waals surface area contributed by atoms with Crippen LogP contribution in [0.3, 0.4) is 0 Å². The minimum absolute atomic E-state index is 0.0447. The molecule has 2 aliphatic carbocycles. The van der Waals surface area contributed by atoms with E-state index in [1.165, 1.54) is 0 Å². The molecule has 5 rings (SSSR count). The van der Waals surface area contributed by atoms with Crippen LogP contribution < -0.4 is 4.74 Å². The summed E-state index contributed by atoms with van der Waals surface area (Å²) < 4.78 is 74.3. The summed E-state index contributed by atoms with van der Waals surface area (Å²) in [6, 6.07) is 7.51. The quantitative estimate of drug-likeness (QED) is 0.503. The lowest BCUT2D eigenvalue weighted by atomic mass is 9.97. The molecule has 1 N–H and O–H groups in total. The third kappa shape index (κ3) is 3.71. The van der Waals surface area contributed by atoms with Crippen LogP contribution in [-0.2, 0) is 24.0 Å². The molecular weight excluding hydrogens is 445 g/mol. The lowest BCUT2D eigenvalue weighted by Crippen LogP contribution is -2.09. The Morgan fingerprint density at radius 1 is 1.12 bits per heavy atom. The van der Waals surface area contributed by atoms with Gasteiger partial charge in [0.1, 0.15) is 18.2 Å². The molecule has 3 aromatic rings. The van der Waals surface area contributed by atoms with Crippen LogP contribution in [0.15, 0.2) is 48.7 Å². The third-order valence-corrected chi connectivity index (χ3v) is 6.30. The fraction of sp³-hybridized carbons (Fsp3) is 0.250. The van der Waals surface area contributed by atoms with Crippen LogP contribution in [0.2, 0.25) is 0 Å². The Bertz CT molecular complexity index is 1270. The molecular formula is C24H16F5NO3. The van der Waals surface area contributed by atoms with Crippen molar-refractivity contribution in [2.45, 2.75) is 25.1 Å². The number of fused-ring (bicyclic) bond motifs is 3. The van der Waals surface area contributed by atoms with Crippen LogP contribution in [0, 0.1) is 23.5 Å². The van der Waals surface area contributed by atoms with Crippen molar-refractivity contribution in [1.82, 2.24) is 4.98 Å². The van der Waals surface area contributed by atoms with Crippen LogP contribution >= 0.6 is 0 Å². The molecule has 0 radical (unpaired) electrons. The number of hydrogen-bond acceptors (Lipinski definition) is 3. The zero-order valence-corrected chi connectivity index (χ0v) is 16.9. The van der Waals surface area contributed by atoms with Gasteiger partial charge in [-0.15, -0.1) is 0 Å². The monoisotopic (exact) mass is 461 g/mol. The van der Waals surface area contributed by atoms with Crippen molar-refractivity contribution in [3.63, 3.8) is 0 Å². The van der Waals surface area contributed by atoms with Gasteiger partial charge < -0.3 is 9.84 Å². The molecule has 9 heteroatoms. The van der Waals surface area contributed by atoms with Gasteiger partial charge in [0.15, 0.2) is 0 Å². The normalized spacial score (nSPS) is 20.8. The van der Waals surface area contributed by atoms with E-state index in [0.29, 0.717) is 6.42 Å². The van der Waals surface area contributed by atoms with E-state index in [1.807, 2.05) is 0 Å². The first-order chi connectivity index (χ1) is 15.6. The van der Waals surface area contributed by atoms with Crippen molar-refractivity contribution in [3.8, 4) is 17.0 Å². The highest BCUT2D eigenvalue weighted by Crippen LogP contribution is 2.61. The standard InChI is InChI=1S/C24H16F5NO3/c25-17-5-4-11(20-16(24(27,28)29)2-1-3-18(20)26)6-13(17)10-33-19-8-12-7-14-21(15(12)9-30-19)22(14)23(31)32/h1-6,8-9,14,21-22H,7,10H2,(H,31,32). The number of nitrogens with zero attached hydrogens (tertiary/aromatic N) is 1. The first-order valence-corrected chi connectivity index (χ1v) is 10.1. The highest BCUT2D eigenvalue weighted by atomic mass is 19.4. The van der Waals surface area contributed by atoms with E-state index in [9.17, 15) is 31.9 Å². The number of pyridine rings is 1. The van der Waals surface area contributed by atoms with E-state index in [1.54, 1.807) is 12.3 Å². The lowest BCUT2D eigenvalue weighted by molar-refractivity contribution is -0.139. The number of rotatable bonds is 5. The SMILES string of the molecule is O=C(O)C1C2Cc3cc(OCc4cc(-c5c(F)cccc5C(F)(F)F)ccc4F)ncc3C21. The number of ether oxygens (including phenoxy) is 1. The summed E-state index contributed by atoms with van der Waals surface area (Å²) in [6.07, 6.45) is -2.63. The Morgan fingerprint density at radius 2 is 1.91 bits per heavy atom. The van der Waals surface area contributed by atoms with E-state index in [4.69, 9.17) is 4.74 Å². The minimum Gasteiger partial charge on any atom is -0.481 e. The Hall–Kier alpha value is -3.49. The number of aromatic nitrogens is 1. The van der Waals surface area contributed by atoms with E-state index in [2.05, 4.69) is 4.98 Å². The first kappa shape index (κ1) is 21.4. The van der Waals surface area contributed by atoms with Gasteiger partial charge in [0.2, 0.25) is 5.88 Å². The van der Waals surface area contributed by atoms with Gasteiger partial charge in [0.05, 0.1) is 11.5 Å². The number of benzene rings is 2. The van der Waals surface area contributed by atoms with Crippen molar-refractivity contribution >= 4 is 5.97 Å². The highest BCUT2D eigenvalue weighted by molar-refractivity contribution is 5.77. The van der Waals surface area contributed by atoms with E-state index < -0.39 is 34.9 Å². The number of carbonyl (C=O) groups is 1. The second kappa shape index (κ2) is 7.54. The van der Waals surface area contributed by atoms with E-state index >= 15 is 0 Å². The molecule has 1 fully saturated rings. The van der Waals surface area contributed by atoms with Gasteiger partial charge in [-0.2, -0.15) is 13.2 Å². The maximum absolute atomic E-state index is 14.3. The molecule has 1 aromatic heterocycles. The van der Waals surface area contributed by atoms with Gasteiger partial charge in [-0.25, -0.2) is 13.8 Å². The average Bonchev–Trinajstić information content (AvgIpc) is 3.35. The third-order valence-electron chi connectivity index (χ3n) is 6.30. The summed E-state index contributed by atoms with van der Waals surface area (Å²) in [5.41, 5.74) is -0.203. The number of aliphatic carboxylic acids is 1. The Labute approximate surface area is 184 Å². The number of hydrogen-bond donors (Lipinski definition) is 1. The molecule has 3 unspecified atom stereocenters. The van der Waals surface area contributed by atoms with Gasteiger partial charge in [-0.05, 0) is 53.3 Å². The molecule has 2 aromatic carbocycles. The van der Waals surface area contributed by atoms with Crippen LogP contribution in [0.25, 0.3) is 11.1 Å². The smallest absolute Gasteiger partial charge is 0.417 e. The van der Waals surface area contributed by atoms with Crippen molar-refractivity contribution in [2.24, 2.45) is 11.8 Å². The molecule has 33 heavy (non-hydrogen) atoms. The van der Waals surface area contributed by atoms with Gasteiger partial charge in [0, 0.05) is 29.3 Å². The van der Waals surface area contributed by atoms with E-state index in [0.717, 1.165) is 47.5 Å². The summed E-state index contributed by atoms with van der Waals surface area (Å²) in [6.45, 7) is -0.328. The zero-order valence-electron chi connectivity index (χ0n) is 16.9. The van der Waals surface area contributed by atoms with Crippen LogP contribution in [0.4, 0.5) is 22.0 Å². The second-order valence-corrected chi connectivity index (χ2v) is 8.23. The average molecular weight is 461 g/mol. The maximum Gasteiger partial charge on any atom is 0.417 e. The molecule has 1 saturated carbocycles. The predicted molar refractivity (Wildman–Crippen MR) is 106 cm³/mol. The molecule has 4 nitrogen and oxygen atoms in total. The highest BCUT2D eigenvalue weighted by Gasteiger charge is 2.59. The van der Waals surface area contributed by atoms with Crippen LogP contribution in [0.5, 0.6) is 5.88 Å². The minimum atomic E-state index is -4.78. The summed E-state index contributed by atoms with van der Waals surface area (Å²) in [5.74, 6) is -2.80. The Balaban J connectivity index is 1.38. The molecule has 1 heterocycles. The molecule has 3 atom stereocenters. The summed E-state index contributed by atoms with van der Waals surface area (Å²) in [4.78, 5) is 15.4. The van der Waals surface area contributed by atoms with Gasteiger partial charge in [0.25, 0.3) is 0 Å². The van der Waals surface area contributed by atoms with Crippen molar-refractivity contribution < 1.29 is 36.6 Å². The molecule has 0 bridgehead atoms. The molecule has 170 valence electrons. The zero-order chi connectivity index (χ0) is 23.5. The number of carboxylic acids is 1. The van der Waals surface area contributed by atoms with Crippen molar-refractivity contribution in [2.75, 3.05) is 0 Å². The van der Waals surface area contributed by atoms with Crippen LogP contribution in [0.1, 0.15) is 28.2 Å². The summed E-state index contributed by atoms with van der Waals surface area (Å²) in [7, 11) is 0. The fourth-order valence-corrected chi connectivity index (χ4v) is 4.73.